The van der Waals surface area contributed by atoms with Crippen LogP contribution >= 0.6 is 0 Å². The van der Waals surface area contributed by atoms with E-state index in [9.17, 15) is 0 Å². The van der Waals surface area contributed by atoms with Crippen LogP contribution in [-0.2, 0) is 5.41 Å². The molecule has 0 bridgehead atoms. The Bertz CT molecular complexity index is 3490. The Balaban J connectivity index is 1.01. The van der Waals surface area contributed by atoms with E-state index in [0.29, 0.717) is 5.82 Å². The van der Waals surface area contributed by atoms with Gasteiger partial charge in [-0.15, -0.1) is 0 Å². The molecule has 0 unspecified atom stereocenters. The summed E-state index contributed by atoms with van der Waals surface area (Å²) >= 11 is 0. The highest BCUT2D eigenvalue weighted by Crippen LogP contribution is 2.53. The highest BCUT2D eigenvalue weighted by molar-refractivity contribution is 6.21. The molecule has 296 valence electrons. The summed E-state index contributed by atoms with van der Waals surface area (Å²) in [4.78, 5) is 10.6. The number of rotatable bonds is 6. The van der Waals surface area contributed by atoms with E-state index in [0.717, 1.165) is 38.9 Å². The zero-order chi connectivity index (χ0) is 42.1. The van der Waals surface area contributed by atoms with Gasteiger partial charge in [-0.1, -0.05) is 214 Å². The van der Waals surface area contributed by atoms with Gasteiger partial charge in [-0.2, -0.15) is 0 Å². The van der Waals surface area contributed by atoms with E-state index in [1.807, 2.05) is 6.07 Å². The second kappa shape index (κ2) is 14.6. The van der Waals surface area contributed by atoms with Gasteiger partial charge in [0.05, 0.1) is 11.4 Å². The van der Waals surface area contributed by atoms with Crippen LogP contribution in [0.3, 0.4) is 0 Å². The Morgan fingerprint density at radius 3 is 1.44 bits per heavy atom. The topological polar surface area (TPSA) is 25.8 Å². The lowest BCUT2D eigenvalue weighted by Gasteiger charge is -2.22. The molecule has 0 saturated heterocycles. The summed E-state index contributed by atoms with van der Waals surface area (Å²) in [7, 11) is 0. The van der Waals surface area contributed by atoms with Gasteiger partial charge in [-0.05, 0) is 106 Å². The first-order chi connectivity index (χ1) is 31.0. The first-order valence-electron chi connectivity index (χ1n) is 21.8. The minimum atomic E-state index is -0.0937. The van der Waals surface area contributed by atoms with E-state index in [-0.39, 0.29) is 5.41 Å². The van der Waals surface area contributed by atoms with Crippen molar-refractivity contribution in [1.29, 1.82) is 0 Å². The molecule has 1 aliphatic carbocycles. The summed E-state index contributed by atoms with van der Waals surface area (Å²) in [5.41, 5.74) is 17.6. The van der Waals surface area contributed by atoms with E-state index < -0.39 is 0 Å². The summed E-state index contributed by atoms with van der Waals surface area (Å²) < 4.78 is 0. The van der Waals surface area contributed by atoms with Crippen molar-refractivity contribution in [3.05, 3.63) is 230 Å². The Morgan fingerprint density at radius 2 is 0.794 bits per heavy atom. The molecule has 0 radical (unpaired) electrons. The van der Waals surface area contributed by atoms with Crippen molar-refractivity contribution in [2.75, 3.05) is 0 Å². The molecule has 10 aromatic carbocycles. The summed E-state index contributed by atoms with van der Waals surface area (Å²) in [5.74, 6) is 0.703. The van der Waals surface area contributed by atoms with Gasteiger partial charge in [0, 0.05) is 22.1 Å². The van der Waals surface area contributed by atoms with Gasteiger partial charge in [0.1, 0.15) is 0 Å². The van der Waals surface area contributed by atoms with Crippen molar-refractivity contribution in [3.8, 4) is 78.4 Å². The molecule has 0 N–H and O–H groups in total. The maximum Gasteiger partial charge on any atom is 0.160 e. The third-order valence-corrected chi connectivity index (χ3v) is 13.3. The summed E-state index contributed by atoms with van der Waals surface area (Å²) in [5, 5.41) is 7.26. The molecule has 0 spiro atoms. The average Bonchev–Trinajstić information content (AvgIpc) is 3.57. The minimum absolute atomic E-state index is 0.0937. The number of aromatic nitrogens is 2. The molecule has 0 fully saturated rings. The summed E-state index contributed by atoms with van der Waals surface area (Å²) in [6.45, 7) is 4.74. The maximum absolute atomic E-state index is 5.37. The molecule has 11 aromatic rings. The standard InChI is InChI=1S/C61H42N2/c1-61(2)53-27-15-26-47(58(53)52-36-45-20-9-10-21-46(45)37-54(52)61)41-30-34-43(35-31-41)57-48-22-11-13-24-50(48)59(51-25-14-12-23-49(51)57)56-38-55(62-60(63-56)44-18-7-4-8-19-44)42-32-28-40(29-33-42)39-16-5-3-6-17-39/h3-38H,1-2H3. The first-order valence-corrected chi connectivity index (χ1v) is 21.8. The molecular formula is C61H42N2. The fraction of sp³-hybridized carbons (Fsp3) is 0.0492. The van der Waals surface area contributed by atoms with Crippen LogP contribution in [0.4, 0.5) is 0 Å². The fourth-order valence-corrected chi connectivity index (χ4v) is 10.1. The number of nitrogens with zero attached hydrogens (tertiary/aromatic N) is 2. The van der Waals surface area contributed by atoms with Crippen LogP contribution in [-0.4, -0.2) is 9.97 Å². The molecule has 0 atom stereocenters. The molecule has 1 aromatic heterocycles. The summed E-state index contributed by atoms with van der Waals surface area (Å²) in [6, 6.07) is 79.1. The van der Waals surface area contributed by atoms with Crippen molar-refractivity contribution in [3.63, 3.8) is 0 Å². The normalized spacial score (nSPS) is 12.7. The SMILES string of the molecule is CC1(C)c2cc3ccccc3cc2-c2c(-c3ccc(-c4c5ccccc5c(-c5cc(-c6ccc(-c7ccccc7)cc6)nc(-c6ccccc6)n5)c5ccccc45)cc3)cccc21. The predicted molar refractivity (Wildman–Crippen MR) is 265 cm³/mol. The van der Waals surface area contributed by atoms with E-state index in [1.165, 1.54) is 77.2 Å². The molecular weight excluding hydrogens is 761 g/mol. The highest BCUT2D eigenvalue weighted by atomic mass is 14.9. The zero-order valence-corrected chi connectivity index (χ0v) is 35.2. The second-order valence-corrected chi connectivity index (χ2v) is 17.3. The molecule has 1 heterocycles. The van der Waals surface area contributed by atoms with Gasteiger partial charge in [-0.25, -0.2) is 9.97 Å². The Labute approximate surface area is 367 Å². The summed E-state index contributed by atoms with van der Waals surface area (Å²) in [6.07, 6.45) is 0. The van der Waals surface area contributed by atoms with E-state index >= 15 is 0 Å². The van der Waals surface area contributed by atoms with Gasteiger partial charge >= 0.3 is 0 Å². The van der Waals surface area contributed by atoms with Crippen molar-refractivity contribution >= 4 is 32.3 Å². The van der Waals surface area contributed by atoms with Crippen molar-refractivity contribution in [2.24, 2.45) is 0 Å². The average molecular weight is 803 g/mol. The van der Waals surface area contributed by atoms with Crippen LogP contribution in [0.1, 0.15) is 25.0 Å². The van der Waals surface area contributed by atoms with Crippen LogP contribution < -0.4 is 0 Å². The number of fused-ring (bicyclic) bond motifs is 6. The largest absolute Gasteiger partial charge is 0.228 e. The smallest absolute Gasteiger partial charge is 0.160 e. The minimum Gasteiger partial charge on any atom is -0.228 e. The third kappa shape index (κ3) is 6.09. The van der Waals surface area contributed by atoms with Crippen molar-refractivity contribution in [2.45, 2.75) is 19.3 Å². The Hall–Kier alpha value is -7.94. The quantitative estimate of drug-likeness (QED) is 0.157. The lowest BCUT2D eigenvalue weighted by Crippen LogP contribution is -2.14. The van der Waals surface area contributed by atoms with Crippen LogP contribution in [0.5, 0.6) is 0 Å². The monoisotopic (exact) mass is 802 g/mol. The maximum atomic E-state index is 5.37. The third-order valence-electron chi connectivity index (χ3n) is 13.3. The van der Waals surface area contributed by atoms with Gasteiger partial charge in [0.25, 0.3) is 0 Å². The van der Waals surface area contributed by atoms with Gasteiger partial charge in [0.15, 0.2) is 5.82 Å². The first kappa shape index (κ1) is 36.9. The van der Waals surface area contributed by atoms with Crippen LogP contribution in [0.25, 0.3) is 111 Å². The van der Waals surface area contributed by atoms with Crippen molar-refractivity contribution < 1.29 is 0 Å². The van der Waals surface area contributed by atoms with Crippen LogP contribution in [0.15, 0.2) is 218 Å². The molecule has 1 aliphatic rings. The Kier molecular flexibility index (Phi) is 8.55. The molecule has 12 rings (SSSR count). The fourth-order valence-electron chi connectivity index (χ4n) is 10.1. The van der Waals surface area contributed by atoms with Gasteiger partial charge < -0.3 is 0 Å². The highest BCUT2D eigenvalue weighted by Gasteiger charge is 2.37. The lowest BCUT2D eigenvalue weighted by molar-refractivity contribution is 0.661. The van der Waals surface area contributed by atoms with Crippen molar-refractivity contribution in [1.82, 2.24) is 9.97 Å². The molecule has 0 amide bonds. The predicted octanol–water partition coefficient (Wildman–Crippen LogP) is 16.2. The molecule has 0 saturated carbocycles. The van der Waals surface area contributed by atoms with E-state index in [1.54, 1.807) is 0 Å². The van der Waals surface area contributed by atoms with Crippen LogP contribution in [0, 0.1) is 0 Å². The molecule has 2 nitrogen and oxygen atoms in total. The van der Waals surface area contributed by atoms with Crippen LogP contribution in [0.2, 0.25) is 0 Å². The molecule has 0 aliphatic heterocycles. The van der Waals surface area contributed by atoms with Gasteiger partial charge in [-0.3, -0.25) is 0 Å². The zero-order valence-electron chi connectivity index (χ0n) is 35.2. The Morgan fingerprint density at radius 1 is 0.302 bits per heavy atom. The lowest BCUT2D eigenvalue weighted by atomic mass is 9.81. The van der Waals surface area contributed by atoms with Gasteiger partial charge in [0.2, 0.25) is 0 Å². The van der Waals surface area contributed by atoms with E-state index in [2.05, 4.69) is 226 Å². The van der Waals surface area contributed by atoms with E-state index in [4.69, 9.17) is 9.97 Å². The number of hydrogen-bond donors (Lipinski definition) is 0. The second-order valence-electron chi connectivity index (χ2n) is 17.3. The number of hydrogen-bond acceptors (Lipinski definition) is 2. The molecule has 2 heteroatoms. The molecule has 63 heavy (non-hydrogen) atoms. The number of benzene rings is 10.